The molecule has 0 unspecified atom stereocenters. The minimum Gasteiger partial charge on any atom is -0.489 e. The molecule has 3 aromatic carbocycles. The van der Waals surface area contributed by atoms with E-state index in [2.05, 4.69) is 10.3 Å². The Morgan fingerprint density at radius 3 is 2.59 bits per heavy atom. The second kappa shape index (κ2) is 7.51. The number of carbonyl (C=O) groups excluding carboxylic acids is 1. The maximum atomic E-state index is 12.4. The zero-order valence-electron chi connectivity index (χ0n) is 14.2. The molecule has 5 nitrogen and oxygen atoms in total. The van der Waals surface area contributed by atoms with Crippen LogP contribution in [0.2, 0.25) is 5.02 Å². The number of fused-ring (bicyclic) bond motifs is 1. The van der Waals surface area contributed by atoms with Crippen LogP contribution in [0.5, 0.6) is 5.75 Å². The Labute approximate surface area is 160 Å². The molecule has 1 aromatic heterocycles. The van der Waals surface area contributed by atoms with Crippen molar-refractivity contribution in [1.29, 1.82) is 0 Å². The largest absolute Gasteiger partial charge is 0.489 e. The van der Waals surface area contributed by atoms with E-state index in [1.54, 1.807) is 30.3 Å². The van der Waals surface area contributed by atoms with Crippen LogP contribution in [0.25, 0.3) is 11.1 Å². The highest BCUT2D eigenvalue weighted by molar-refractivity contribution is 6.30. The number of ether oxygens (including phenoxy) is 1. The number of nitrogens with zero attached hydrogens (tertiary/aromatic N) is 1. The number of aromatic nitrogens is 1. The molecule has 0 saturated heterocycles. The summed E-state index contributed by atoms with van der Waals surface area (Å²) in [6.07, 6.45) is 1.36. The molecule has 0 aliphatic carbocycles. The maximum Gasteiger partial charge on any atom is 0.255 e. The number of nitrogens with one attached hydrogen (secondary N) is 1. The molecule has 4 aromatic rings. The lowest BCUT2D eigenvalue weighted by Gasteiger charge is -2.09. The first-order valence-corrected chi connectivity index (χ1v) is 8.67. The molecule has 1 N–H and O–H groups in total. The van der Waals surface area contributed by atoms with Gasteiger partial charge in [0, 0.05) is 16.3 Å². The maximum absolute atomic E-state index is 12.4. The van der Waals surface area contributed by atoms with Gasteiger partial charge in [-0.1, -0.05) is 23.7 Å². The number of amides is 1. The van der Waals surface area contributed by atoms with Gasteiger partial charge in [0.25, 0.3) is 5.91 Å². The Morgan fingerprint density at radius 1 is 1.04 bits per heavy atom. The molecular weight excluding hydrogens is 364 g/mol. The third kappa shape index (κ3) is 4.10. The Hall–Kier alpha value is -3.31. The summed E-state index contributed by atoms with van der Waals surface area (Å²) in [5.74, 6) is 0.502. The Morgan fingerprint density at radius 2 is 1.81 bits per heavy atom. The third-order valence-electron chi connectivity index (χ3n) is 4.02. The number of benzene rings is 3. The normalized spacial score (nSPS) is 10.7. The third-order valence-corrected chi connectivity index (χ3v) is 4.28. The fraction of sp³-hybridized carbons (Fsp3) is 0.0476. The van der Waals surface area contributed by atoms with Crippen molar-refractivity contribution < 1.29 is 13.9 Å². The van der Waals surface area contributed by atoms with Gasteiger partial charge in [0.2, 0.25) is 0 Å². The zero-order chi connectivity index (χ0) is 18.6. The molecule has 27 heavy (non-hydrogen) atoms. The average molecular weight is 379 g/mol. The van der Waals surface area contributed by atoms with Crippen LogP contribution in [0.3, 0.4) is 0 Å². The summed E-state index contributed by atoms with van der Waals surface area (Å²) >= 11 is 5.87. The highest BCUT2D eigenvalue weighted by Crippen LogP contribution is 2.19. The molecule has 0 radical (unpaired) electrons. The number of anilines is 1. The molecule has 0 aliphatic heterocycles. The zero-order valence-corrected chi connectivity index (χ0v) is 14.9. The van der Waals surface area contributed by atoms with E-state index in [4.69, 9.17) is 20.8 Å². The Kier molecular flexibility index (Phi) is 4.77. The van der Waals surface area contributed by atoms with Gasteiger partial charge in [-0.05, 0) is 60.2 Å². The van der Waals surface area contributed by atoms with Crippen LogP contribution in [-0.2, 0) is 6.61 Å². The first-order valence-electron chi connectivity index (χ1n) is 8.29. The molecule has 1 heterocycles. The predicted molar refractivity (Wildman–Crippen MR) is 104 cm³/mol. The minimum absolute atomic E-state index is 0.213. The van der Waals surface area contributed by atoms with Crippen molar-refractivity contribution >= 4 is 34.3 Å². The van der Waals surface area contributed by atoms with Crippen LogP contribution in [-0.4, -0.2) is 10.9 Å². The lowest BCUT2D eigenvalue weighted by molar-refractivity contribution is 0.102. The summed E-state index contributed by atoms with van der Waals surface area (Å²) < 4.78 is 10.9. The number of hydrogen-bond donors (Lipinski definition) is 1. The topological polar surface area (TPSA) is 64.4 Å². The summed E-state index contributed by atoms with van der Waals surface area (Å²) in [7, 11) is 0. The van der Waals surface area contributed by atoms with Gasteiger partial charge in [0.05, 0.1) is 0 Å². The first kappa shape index (κ1) is 17.1. The van der Waals surface area contributed by atoms with Crippen LogP contribution in [0.4, 0.5) is 5.69 Å². The summed E-state index contributed by atoms with van der Waals surface area (Å²) in [5.41, 5.74) is 3.51. The molecule has 0 aliphatic rings. The molecule has 1 amide bonds. The van der Waals surface area contributed by atoms with Gasteiger partial charge < -0.3 is 14.5 Å². The lowest BCUT2D eigenvalue weighted by Crippen LogP contribution is -2.11. The number of hydrogen-bond acceptors (Lipinski definition) is 4. The van der Waals surface area contributed by atoms with E-state index in [-0.39, 0.29) is 5.91 Å². The lowest BCUT2D eigenvalue weighted by atomic mass is 10.2. The number of rotatable bonds is 5. The standard InChI is InChI=1S/C21H15ClN2O3/c22-16-4-1-14(2-5-16)12-26-18-8-6-17(7-9-18)24-21(25)15-3-10-20-19(11-15)23-13-27-20/h1-11,13H,12H2,(H,24,25). The summed E-state index contributed by atoms with van der Waals surface area (Å²) in [4.78, 5) is 16.5. The van der Waals surface area contributed by atoms with Crippen molar-refractivity contribution in [3.63, 3.8) is 0 Å². The molecule has 0 spiro atoms. The molecule has 0 saturated carbocycles. The van der Waals surface area contributed by atoms with Crippen LogP contribution in [0.1, 0.15) is 15.9 Å². The minimum atomic E-state index is -0.213. The van der Waals surface area contributed by atoms with Gasteiger partial charge in [-0.2, -0.15) is 0 Å². The fourth-order valence-electron chi connectivity index (χ4n) is 2.58. The van der Waals surface area contributed by atoms with Gasteiger partial charge in [0.1, 0.15) is 17.9 Å². The Bertz CT molecular complexity index is 1070. The van der Waals surface area contributed by atoms with E-state index in [9.17, 15) is 4.79 Å². The van der Waals surface area contributed by atoms with Crippen LogP contribution in [0.15, 0.2) is 77.5 Å². The van der Waals surface area contributed by atoms with Crippen LogP contribution >= 0.6 is 11.6 Å². The quantitative estimate of drug-likeness (QED) is 0.511. The van der Waals surface area contributed by atoms with Crippen molar-refractivity contribution in [2.75, 3.05) is 5.32 Å². The van der Waals surface area contributed by atoms with E-state index in [1.165, 1.54) is 6.39 Å². The molecule has 6 heteroatoms. The highest BCUT2D eigenvalue weighted by Gasteiger charge is 2.09. The van der Waals surface area contributed by atoms with Gasteiger partial charge >= 0.3 is 0 Å². The van der Waals surface area contributed by atoms with E-state index in [1.807, 2.05) is 36.4 Å². The van der Waals surface area contributed by atoms with Crippen molar-refractivity contribution in [1.82, 2.24) is 4.98 Å². The SMILES string of the molecule is O=C(Nc1ccc(OCc2ccc(Cl)cc2)cc1)c1ccc2ocnc2c1. The molecule has 0 bridgehead atoms. The summed E-state index contributed by atoms with van der Waals surface area (Å²) in [6.45, 7) is 0.445. The smallest absolute Gasteiger partial charge is 0.255 e. The molecule has 134 valence electrons. The molecular formula is C21H15ClN2O3. The summed E-state index contributed by atoms with van der Waals surface area (Å²) in [5, 5.41) is 3.55. The molecule has 4 rings (SSSR count). The van der Waals surface area contributed by atoms with Crippen LogP contribution < -0.4 is 10.1 Å². The van der Waals surface area contributed by atoms with E-state index in [0.29, 0.717) is 39.7 Å². The Balaban J connectivity index is 1.38. The highest BCUT2D eigenvalue weighted by atomic mass is 35.5. The van der Waals surface area contributed by atoms with Gasteiger partial charge in [0.15, 0.2) is 12.0 Å². The van der Waals surface area contributed by atoms with Crippen LogP contribution in [0, 0.1) is 0 Å². The monoisotopic (exact) mass is 378 g/mol. The summed E-state index contributed by atoms with van der Waals surface area (Å²) in [6, 6.07) is 19.8. The fourth-order valence-corrected chi connectivity index (χ4v) is 2.71. The van der Waals surface area contributed by atoms with E-state index >= 15 is 0 Å². The van der Waals surface area contributed by atoms with Gasteiger partial charge in [-0.3, -0.25) is 4.79 Å². The van der Waals surface area contributed by atoms with E-state index in [0.717, 1.165) is 5.56 Å². The van der Waals surface area contributed by atoms with Crippen molar-refractivity contribution in [2.24, 2.45) is 0 Å². The van der Waals surface area contributed by atoms with Crippen molar-refractivity contribution in [3.05, 3.63) is 89.3 Å². The van der Waals surface area contributed by atoms with E-state index < -0.39 is 0 Å². The molecule has 0 atom stereocenters. The second-order valence-corrected chi connectivity index (χ2v) is 6.36. The predicted octanol–water partition coefficient (Wildman–Crippen LogP) is 5.31. The van der Waals surface area contributed by atoms with Crippen molar-refractivity contribution in [3.8, 4) is 5.75 Å². The average Bonchev–Trinajstić information content (AvgIpc) is 3.16. The molecule has 0 fully saturated rings. The second-order valence-electron chi connectivity index (χ2n) is 5.93. The number of oxazole rings is 1. The number of carbonyl (C=O) groups is 1. The first-order chi connectivity index (χ1) is 13.2. The van der Waals surface area contributed by atoms with Crippen molar-refractivity contribution in [2.45, 2.75) is 6.61 Å². The van der Waals surface area contributed by atoms with Gasteiger partial charge in [-0.25, -0.2) is 4.98 Å². The van der Waals surface area contributed by atoms with Gasteiger partial charge in [-0.15, -0.1) is 0 Å². The number of halogens is 1.